The van der Waals surface area contributed by atoms with E-state index < -0.39 is 15.6 Å². The number of benzene rings is 1. The first-order valence-electron chi connectivity index (χ1n) is 6.28. The van der Waals surface area contributed by atoms with E-state index in [2.05, 4.69) is 15.4 Å². The van der Waals surface area contributed by atoms with Crippen LogP contribution in [0.2, 0.25) is 0 Å². The second-order valence-electron chi connectivity index (χ2n) is 5.06. The molecule has 20 heavy (non-hydrogen) atoms. The molecule has 0 heterocycles. The zero-order valence-corrected chi connectivity index (χ0v) is 13.0. The molecule has 1 amide bonds. The first kappa shape index (κ1) is 16.5. The van der Waals surface area contributed by atoms with Crippen LogP contribution in [-0.4, -0.2) is 32.7 Å². The Morgan fingerprint density at radius 3 is 2.40 bits per heavy atom. The number of amides is 1. The Morgan fingerprint density at radius 2 is 1.85 bits per heavy atom. The molecule has 0 atom stereocenters. The fraction of sp³-hybridized carbons (Fsp3) is 0.462. The van der Waals surface area contributed by atoms with Gasteiger partial charge in [0, 0.05) is 5.69 Å². The molecule has 0 aliphatic heterocycles. The molecule has 0 saturated heterocycles. The lowest BCUT2D eigenvalue weighted by Gasteiger charge is -2.24. The van der Waals surface area contributed by atoms with Gasteiger partial charge in [0.25, 0.3) is 0 Å². The van der Waals surface area contributed by atoms with Gasteiger partial charge in [0.05, 0.1) is 17.5 Å². The Bertz CT molecular complexity index is 582. The molecule has 0 fully saturated rings. The van der Waals surface area contributed by atoms with Crippen LogP contribution in [0.3, 0.4) is 0 Å². The van der Waals surface area contributed by atoms with Crippen LogP contribution in [0.25, 0.3) is 0 Å². The minimum Gasteiger partial charge on any atom is -0.324 e. The monoisotopic (exact) mass is 299 g/mol. The molecule has 0 aliphatic carbocycles. The number of sulfonamides is 1. The summed E-state index contributed by atoms with van der Waals surface area (Å²) in [6, 6.07) is 6.56. The van der Waals surface area contributed by atoms with Crippen molar-refractivity contribution in [3.63, 3.8) is 0 Å². The standard InChI is InChI=1S/C13H21N3O3S/c1-5-14-13(2,3)12(17)15-10-7-6-8-11(9-10)16-20(4,18)19/h6-9,14,16H,5H2,1-4H3,(H,15,17). The molecule has 0 spiro atoms. The van der Waals surface area contributed by atoms with E-state index in [1.165, 1.54) is 0 Å². The molecule has 7 heteroatoms. The first-order chi connectivity index (χ1) is 9.14. The number of anilines is 2. The van der Waals surface area contributed by atoms with Gasteiger partial charge in [0.2, 0.25) is 15.9 Å². The topological polar surface area (TPSA) is 87.3 Å². The first-order valence-corrected chi connectivity index (χ1v) is 8.17. The Balaban J connectivity index is 2.84. The quantitative estimate of drug-likeness (QED) is 0.740. The summed E-state index contributed by atoms with van der Waals surface area (Å²) in [7, 11) is -3.33. The van der Waals surface area contributed by atoms with Crippen molar-refractivity contribution in [3.8, 4) is 0 Å². The molecule has 6 nitrogen and oxygen atoms in total. The van der Waals surface area contributed by atoms with Crippen molar-refractivity contribution in [3.05, 3.63) is 24.3 Å². The van der Waals surface area contributed by atoms with Gasteiger partial charge in [-0.25, -0.2) is 8.42 Å². The number of hydrogen-bond donors (Lipinski definition) is 3. The van der Waals surface area contributed by atoms with Gasteiger partial charge < -0.3 is 10.6 Å². The maximum absolute atomic E-state index is 12.1. The van der Waals surface area contributed by atoms with Crippen LogP contribution in [0, 0.1) is 0 Å². The predicted octanol–water partition coefficient (Wildman–Crippen LogP) is 1.38. The van der Waals surface area contributed by atoms with Crippen LogP contribution in [-0.2, 0) is 14.8 Å². The smallest absolute Gasteiger partial charge is 0.244 e. The van der Waals surface area contributed by atoms with Crippen molar-refractivity contribution in [2.24, 2.45) is 0 Å². The maximum Gasteiger partial charge on any atom is 0.244 e. The number of nitrogens with one attached hydrogen (secondary N) is 3. The predicted molar refractivity (Wildman–Crippen MR) is 81.3 cm³/mol. The average Bonchev–Trinajstić information content (AvgIpc) is 2.26. The fourth-order valence-electron chi connectivity index (χ4n) is 1.68. The number of likely N-dealkylation sites (N-methyl/N-ethyl adjacent to an activating group) is 1. The molecular weight excluding hydrogens is 278 g/mol. The van der Waals surface area contributed by atoms with Gasteiger partial charge in [-0.1, -0.05) is 13.0 Å². The Morgan fingerprint density at radius 1 is 1.25 bits per heavy atom. The van der Waals surface area contributed by atoms with E-state index in [4.69, 9.17) is 0 Å². The highest BCUT2D eigenvalue weighted by Gasteiger charge is 2.26. The van der Waals surface area contributed by atoms with Crippen LogP contribution >= 0.6 is 0 Å². The number of hydrogen-bond acceptors (Lipinski definition) is 4. The van der Waals surface area contributed by atoms with Crippen molar-refractivity contribution >= 4 is 27.3 Å². The van der Waals surface area contributed by atoms with E-state index in [0.717, 1.165) is 6.26 Å². The van der Waals surface area contributed by atoms with Crippen LogP contribution < -0.4 is 15.4 Å². The summed E-state index contributed by atoms with van der Waals surface area (Å²) in [5, 5.41) is 5.83. The highest BCUT2D eigenvalue weighted by Crippen LogP contribution is 2.17. The van der Waals surface area contributed by atoms with Gasteiger partial charge >= 0.3 is 0 Å². The normalized spacial score (nSPS) is 12.0. The van der Waals surface area contributed by atoms with E-state index >= 15 is 0 Å². The molecule has 0 unspecified atom stereocenters. The molecule has 1 rings (SSSR count). The van der Waals surface area contributed by atoms with Crippen LogP contribution in [0.4, 0.5) is 11.4 Å². The second-order valence-corrected chi connectivity index (χ2v) is 6.81. The number of carbonyl (C=O) groups excluding carboxylic acids is 1. The molecule has 0 aliphatic rings. The minimum atomic E-state index is -3.33. The van der Waals surface area contributed by atoms with E-state index in [0.29, 0.717) is 17.9 Å². The third-order valence-corrected chi connectivity index (χ3v) is 3.22. The molecule has 0 aromatic heterocycles. The fourth-order valence-corrected chi connectivity index (χ4v) is 2.24. The zero-order chi connectivity index (χ0) is 15.4. The van der Waals surface area contributed by atoms with Crippen molar-refractivity contribution in [1.29, 1.82) is 0 Å². The van der Waals surface area contributed by atoms with Crippen molar-refractivity contribution in [2.75, 3.05) is 22.8 Å². The van der Waals surface area contributed by atoms with Crippen molar-refractivity contribution < 1.29 is 13.2 Å². The largest absolute Gasteiger partial charge is 0.324 e. The van der Waals surface area contributed by atoms with Crippen molar-refractivity contribution in [2.45, 2.75) is 26.3 Å². The molecule has 0 radical (unpaired) electrons. The summed E-state index contributed by atoms with van der Waals surface area (Å²) in [4.78, 5) is 12.1. The lowest BCUT2D eigenvalue weighted by atomic mass is 10.0. The minimum absolute atomic E-state index is 0.184. The molecule has 0 saturated carbocycles. The van der Waals surface area contributed by atoms with Gasteiger partial charge in [0.1, 0.15) is 0 Å². The third kappa shape index (κ3) is 5.18. The van der Waals surface area contributed by atoms with Gasteiger partial charge in [-0.3, -0.25) is 9.52 Å². The molecule has 3 N–H and O–H groups in total. The van der Waals surface area contributed by atoms with Crippen molar-refractivity contribution in [1.82, 2.24) is 5.32 Å². The summed E-state index contributed by atoms with van der Waals surface area (Å²) in [6.07, 6.45) is 1.08. The van der Waals surface area contributed by atoms with Gasteiger partial charge in [-0.2, -0.15) is 0 Å². The molecule has 0 bridgehead atoms. The molecule has 1 aromatic carbocycles. The number of rotatable bonds is 6. The van der Waals surface area contributed by atoms with Crippen LogP contribution in [0.5, 0.6) is 0 Å². The lowest BCUT2D eigenvalue weighted by molar-refractivity contribution is -0.121. The molecular formula is C13H21N3O3S. The van der Waals surface area contributed by atoms with E-state index in [1.807, 2.05) is 6.92 Å². The molecule has 1 aromatic rings. The molecule has 112 valence electrons. The highest BCUT2D eigenvalue weighted by atomic mass is 32.2. The van der Waals surface area contributed by atoms with Gasteiger partial charge in [0.15, 0.2) is 0 Å². The lowest BCUT2D eigenvalue weighted by Crippen LogP contribution is -2.49. The SMILES string of the molecule is CCNC(C)(C)C(=O)Nc1cccc(NS(C)(=O)=O)c1. The summed E-state index contributed by atoms with van der Waals surface area (Å²) in [6.45, 7) is 6.16. The summed E-state index contributed by atoms with van der Waals surface area (Å²) in [5.74, 6) is -0.184. The second kappa shape index (κ2) is 6.23. The van der Waals surface area contributed by atoms with Crippen LogP contribution in [0.15, 0.2) is 24.3 Å². The summed E-state index contributed by atoms with van der Waals surface area (Å²) < 4.78 is 24.7. The number of carbonyl (C=O) groups is 1. The Labute approximate surface area is 120 Å². The summed E-state index contributed by atoms with van der Waals surface area (Å²) >= 11 is 0. The van der Waals surface area contributed by atoms with Gasteiger partial charge in [-0.15, -0.1) is 0 Å². The van der Waals surface area contributed by atoms with E-state index in [9.17, 15) is 13.2 Å². The highest BCUT2D eigenvalue weighted by molar-refractivity contribution is 7.92. The third-order valence-electron chi connectivity index (χ3n) is 2.61. The van der Waals surface area contributed by atoms with Crippen LogP contribution in [0.1, 0.15) is 20.8 Å². The van der Waals surface area contributed by atoms with Gasteiger partial charge in [-0.05, 0) is 38.6 Å². The van der Waals surface area contributed by atoms with E-state index in [1.54, 1.807) is 38.1 Å². The zero-order valence-electron chi connectivity index (χ0n) is 12.1. The summed E-state index contributed by atoms with van der Waals surface area (Å²) in [5.41, 5.74) is 0.246. The average molecular weight is 299 g/mol. The maximum atomic E-state index is 12.1. The Kier molecular flexibility index (Phi) is 5.13. The Hall–Kier alpha value is -1.60. The van der Waals surface area contributed by atoms with E-state index in [-0.39, 0.29) is 5.91 Å².